The number of likely N-dealkylation sites (tertiary alicyclic amines) is 1. The number of halogens is 2. The summed E-state index contributed by atoms with van der Waals surface area (Å²) in [7, 11) is 2.05. The SMILES string of the molecule is CCN(C)C1(CC(=O)Nc2ccc3[nH]nc(-c4ccc(F)cc4)c3c2)CCCN(CC(=O)N2CC=C(C3CC=C(c4ncccn4)C=C3F)CC2)C1. The van der Waals surface area contributed by atoms with E-state index in [9.17, 15) is 14.0 Å². The first-order chi connectivity index (χ1) is 25.2. The van der Waals surface area contributed by atoms with Gasteiger partial charge in [0.15, 0.2) is 5.82 Å². The highest BCUT2D eigenvalue weighted by Crippen LogP contribution is 2.36. The van der Waals surface area contributed by atoms with Gasteiger partial charge in [-0.05, 0) is 100 Å². The van der Waals surface area contributed by atoms with Gasteiger partial charge >= 0.3 is 0 Å². The van der Waals surface area contributed by atoms with Crippen LogP contribution in [0.1, 0.15) is 44.9 Å². The van der Waals surface area contributed by atoms with Gasteiger partial charge in [0, 0.05) is 72.1 Å². The lowest BCUT2D eigenvalue weighted by molar-refractivity contribution is -0.133. The molecule has 0 bridgehead atoms. The van der Waals surface area contributed by atoms with Gasteiger partial charge in [-0.25, -0.2) is 18.7 Å². The summed E-state index contributed by atoms with van der Waals surface area (Å²) in [5.41, 5.74) is 4.21. The molecular formula is C40H44F2N8O2. The van der Waals surface area contributed by atoms with Crippen molar-refractivity contribution in [1.82, 2.24) is 34.9 Å². The molecule has 270 valence electrons. The lowest BCUT2D eigenvalue weighted by atomic mass is 9.83. The highest BCUT2D eigenvalue weighted by molar-refractivity contribution is 5.98. The monoisotopic (exact) mass is 706 g/mol. The number of benzene rings is 2. The molecule has 1 saturated heterocycles. The largest absolute Gasteiger partial charge is 0.338 e. The number of allylic oxidation sites excluding steroid dienone is 4. The number of aromatic nitrogens is 4. The van der Waals surface area contributed by atoms with E-state index in [2.05, 4.69) is 42.2 Å². The van der Waals surface area contributed by atoms with Crippen LogP contribution in [0.15, 0.2) is 90.6 Å². The number of carbonyl (C=O) groups is 2. The molecule has 2 atom stereocenters. The minimum atomic E-state index is -0.437. The van der Waals surface area contributed by atoms with E-state index in [1.54, 1.807) is 30.6 Å². The molecule has 1 aliphatic carbocycles. The number of rotatable bonds is 10. The zero-order chi connectivity index (χ0) is 36.2. The van der Waals surface area contributed by atoms with Gasteiger partial charge in [-0.15, -0.1) is 0 Å². The highest BCUT2D eigenvalue weighted by atomic mass is 19.1. The number of nitrogens with one attached hydrogen (secondary N) is 2. The number of aromatic amines is 1. The van der Waals surface area contributed by atoms with E-state index in [0.717, 1.165) is 48.0 Å². The van der Waals surface area contributed by atoms with Crippen molar-refractivity contribution in [2.24, 2.45) is 5.92 Å². The predicted octanol–water partition coefficient (Wildman–Crippen LogP) is 6.39. The Bertz CT molecular complexity index is 2030. The van der Waals surface area contributed by atoms with Crippen LogP contribution < -0.4 is 5.32 Å². The van der Waals surface area contributed by atoms with Gasteiger partial charge in [-0.3, -0.25) is 24.5 Å². The van der Waals surface area contributed by atoms with Crippen molar-refractivity contribution in [3.8, 4) is 11.3 Å². The molecule has 2 unspecified atom stereocenters. The summed E-state index contributed by atoms with van der Waals surface area (Å²) in [5.74, 6) is -0.367. The van der Waals surface area contributed by atoms with Gasteiger partial charge in [0.25, 0.3) is 0 Å². The van der Waals surface area contributed by atoms with Crippen molar-refractivity contribution in [1.29, 1.82) is 0 Å². The fourth-order valence-electron chi connectivity index (χ4n) is 7.81. The molecule has 0 saturated carbocycles. The third-order valence-corrected chi connectivity index (χ3v) is 10.8. The summed E-state index contributed by atoms with van der Waals surface area (Å²) in [4.78, 5) is 42.0. The Morgan fingerprint density at radius 3 is 2.62 bits per heavy atom. The second-order valence-electron chi connectivity index (χ2n) is 14.0. The molecule has 3 aliphatic rings. The normalized spacial score (nSPS) is 21.1. The third-order valence-electron chi connectivity index (χ3n) is 10.8. The molecular weight excluding hydrogens is 662 g/mol. The van der Waals surface area contributed by atoms with Gasteiger partial charge in [0.05, 0.1) is 17.8 Å². The zero-order valence-corrected chi connectivity index (χ0v) is 29.6. The maximum atomic E-state index is 15.2. The van der Waals surface area contributed by atoms with Crippen LogP contribution >= 0.6 is 0 Å². The van der Waals surface area contributed by atoms with Crippen molar-refractivity contribution in [3.05, 3.63) is 102 Å². The maximum absolute atomic E-state index is 15.2. The Morgan fingerprint density at radius 2 is 1.88 bits per heavy atom. The van der Waals surface area contributed by atoms with Crippen LogP contribution in [-0.2, 0) is 9.59 Å². The number of H-pyrrole nitrogens is 1. The van der Waals surface area contributed by atoms with Crippen molar-refractivity contribution < 1.29 is 18.4 Å². The second-order valence-corrected chi connectivity index (χ2v) is 14.0. The second kappa shape index (κ2) is 15.3. The van der Waals surface area contributed by atoms with Crippen LogP contribution in [0.25, 0.3) is 27.7 Å². The minimum absolute atomic E-state index is 0.0446. The van der Waals surface area contributed by atoms with Crippen molar-refractivity contribution in [2.75, 3.05) is 51.6 Å². The van der Waals surface area contributed by atoms with E-state index in [0.29, 0.717) is 55.3 Å². The van der Waals surface area contributed by atoms with Crippen molar-refractivity contribution in [3.63, 3.8) is 0 Å². The van der Waals surface area contributed by atoms with Crippen molar-refractivity contribution >= 4 is 34.0 Å². The van der Waals surface area contributed by atoms with Crippen LogP contribution in [0.3, 0.4) is 0 Å². The molecule has 4 heterocycles. The Balaban J connectivity index is 0.970. The molecule has 10 nitrogen and oxygen atoms in total. The number of fused-ring (bicyclic) bond motifs is 1. The Kier molecular flexibility index (Phi) is 10.4. The number of carbonyl (C=O) groups excluding carboxylic acids is 2. The molecule has 4 aromatic rings. The number of likely N-dealkylation sites (N-methyl/N-ethyl adjacent to an activating group) is 1. The number of nitrogens with zero attached hydrogens (tertiary/aromatic N) is 6. The number of hydrogen-bond donors (Lipinski definition) is 2. The standard InChI is InChI=1S/C40H44F2N8O2/c1-3-48(2)40(24-36(51)45-31-11-13-35-33(23-31)38(47-46-35)28-6-9-30(41)10-7-28)16-4-19-49(26-40)25-37(52)50-20-14-27(15-21-50)32-12-8-29(22-34(32)42)39-43-17-5-18-44-39/h5-11,13-14,17-18,22-23,32H,3-4,12,15-16,19-21,24-26H2,1-2H3,(H,45,51)(H,46,47). The van der Waals surface area contributed by atoms with Gasteiger partial charge in [0.2, 0.25) is 11.8 Å². The quantitative estimate of drug-likeness (QED) is 0.184. The first-order valence-electron chi connectivity index (χ1n) is 18.0. The molecule has 7 rings (SSSR count). The Morgan fingerprint density at radius 1 is 1.08 bits per heavy atom. The molecule has 1 fully saturated rings. The maximum Gasteiger partial charge on any atom is 0.237 e. The molecule has 0 spiro atoms. The first kappa shape index (κ1) is 35.3. The van der Waals surface area contributed by atoms with Crippen molar-refractivity contribution in [2.45, 2.75) is 44.6 Å². The number of anilines is 1. The van der Waals surface area contributed by atoms with E-state index in [1.165, 1.54) is 18.2 Å². The summed E-state index contributed by atoms with van der Waals surface area (Å²) in [6, 6.07) is 13.5. The molecule has 12 heteroatoms. The van der Waals surface area contributed by atoms with E-state index in [-0.39, 0.29) is 42.3 Å². The van der Waals surface area contributed by atoms with Crippen LogP contribution in [0.2, 0.25) is 0 Å². The zero-order valence-electron chi connectivity index (χ0n) is 29.6. The summed E-state index contributed by atoms with van der Waals surface area (Å²) in [6.45, 7) is 5.50. The molecule has 0 radical (unpaired) electrons. The van der Waals surface area contributed by atoms with Gasteiger partial charge in [-0.2, -0.15) is 5.10 Å². The Labute approximate surface area is 302 Å². The summed E-state index contributed by atoms with van der Waals surface area (Å²) >= 11 is 0. The molecule has 2 aromatic carbocycles. The molecule has 2 amide bonds. The Hall–Kier alpha value is -5.07. The summed E-state index contributed by atoms with van der Waals surface area (Å²) in [5, 5.41) is 11.4. The fourth-order valence-corrected chi connectivity index (χ4v) is 7.81. The smallest absolute Gasteiger partial charge is 0.237 e. The minimum Gasteiger partial charge on any atom is -0.338 e. The fraction of sp³-hybridized carbons (Fsp3) is 0.375. The van der Waals surface area contributed by atoms with Gasteiger partial charge < -0.3 is 10.2 Å². The summed E-state index contributed by atoms with van der Waals surface area (Å²) in [6.07, 6.45) is 12.0. The highest BCUT2D eigenvalue weighted by Gasteiger charge is 2.41. The van der Waals surface area contributed by atoms with Crippen LogP contribution in [0, 0.1) is 11.7 Å². The van der Waals surface area contributed by atoms with Crippen LogP contribution in [0.5, 0.6) is 0 Å². The average Bonchev–Trinajstić information content (AvgIpc) is 3.58. The number of amides is 2. The average molecular weight is 707 g/mol. The van der Waals surface area contributed by atoms with Crippen LogP contribution in [-0.4, -0.2) is 98.5 Å². The lowest BCUT2D eigenvalue weighted by Gasteiger charge is -2.48. The van der Waals surface area contributed by atoms with E-state index >= 15 is 4.39 Å². The molecule has 2 aliphatic heterocycles. The van der Waals surface area contributed by atoms with Crippen LogP contribution in [0.4, 0.5) is 14.5 Å². The van der Waals surface area contributed by atoms with E-state index in [1.807, 2.05) is 42.3 Å². The number of hydrogen-bond acceptors (Lipinski definition) is 7. The first-order valence-corrected chi connectivity index (χ1v) is 18.0. The molecule has 2 N–H and O–H groups in total. The van der Waals surface area contributed by atoms with E-state index < -0.39 is 5.54 Å². The number of piperidine rings is 1. The van der Waals surface area contributed by atoms with E-state index in [4.69, 9.17) is 0 Å². The molecule has 2 aromatic heterocycles. The summed E-state index contributed by atoms with van der Waals surface area (Å²) < 4.78 is 28.8. The molecule has 52 heavy (non-hydrogen) atoms. The predicted molar refractivity (Wildman–Crippen MR) is 198 cm³/mol. The third kappa shape index (κ3) is 7.58. The van der Waals surface area contributed by atoms with Gasteiger partial charge in [0.1, 0.15) is 11.6 Å². The topological polar surface area (TPSA) is 110 Å². The van der Waals surface area contributed by atoms with Gasteiger partial charge in [-0.1, -0.05) is 24.6 Å². The lowest BCUT2D eigenvalue weighted by Crippen LogP contribution is -2.60.